The molecule has 5 nitrogen and oxygen atoms in total. The Hall–Kier alpha value is -2.09. The highest BCUT2D eigenvalue weighted by Crippen LogP contribution is 2.27. The van der Waals surface area contributed by atoms with Crippen LogP contribution in [0.4, 0.5) is 5.13 Å². The number of aromatic nitrogens is 2. The lowest BCUT2D eigenvalue weighted by Gasteiger charge is -2.04. The highest BCUT2D eigenvalue weighted by molar-refractivity contribution is 7.19. The van der Waals surface area contributed by atoms with Gasteiger partial charge in [0, 0.05) is 10.9 Å². The molecule has 1 N–H and O–H groups in total. The van der Waals surface area contributed by atoms with Gasteiger partial charge in [-0.25, -0.2) is 0 Å². The molecule has 23 heavy (non-hydrogen) atoms. The predicted octanol–water partition coefficient (Wildman–Crippen LogP) is 3.46. The standard InChI is InChI=1S/C16H15N3O2S2/c20-14(10-21-8-6-12-4-2-1-3-5-12)17-16-19-18-15(23-16)13-7-9-22-11-13/h1-5,7,9,11H,6,8,10H2,(H,17,19,20). The summed E-state index contributed by atoms with van der Waals surface area (Å²) in [4.78, 5) is 11.8. The smallest absolute Gasteiger partial charge is 0.252 e. The number of anilines is 1. The fourth-order valence-corrected chi connectivity index (χ4v) is 3.40. The summed E-state index contributed by atoms with van der Waals surface area (Å²) < 4.78 is 5.40. The Balaban J connectivity index is 1.41. The van der Waals surface area contributed by atoms with Crippen LogP contribution in [0.25, 0.3) is 10.6 Å². The fraction of sp³-hybridized carbons (Fsp3) is 0.188. The van der Waals surface area contributed by atoms with Gasteiger partial charge in [-0.3, -0.25) is 10.1 Å². The summed E-state index contributed by atoms with van der Waals surface area (Å²) in [6.07, 6.45) is 0.787. The van der Waals surface area contributed by atoms with Gasteiger partial charge in [0.1, 0.15) is 11.6 Å². The molecule has 0 saturated carbocycles. The summed E-state index contributed by atoms with van der Waals surface area (Å²) in [6, 6.07) is 12.0. The molecule has 0 radical (unpaired) electrons. The summed E-state index contributed by atoms with van der Waals surface area (Å²) in [5, 5.41) is 16.0. The Kier molecular flexibility index (Phi) is 5.46. The van der Waals surface area contributed by atoms with Crippen LogP contribution in [0.2, 0.25) is 0 Å². The Bertz CT molecular complexity index is 742. The largest absolute Gasteiger partial charge is 0.371 e. The Morgan fingerprint density at radius 3 is 2.83 bits per heavy atom. The van der Waals surface area contributed by atoms with E-state index in [0.29, 0.717) is 11.7 Å². The number of carbonyl (C=O) groups excluding carboxylic acids is 1. The van der Waals surface area contributed by atoms with E-state index in [0.717, 1.165) is 17.0 Å². The maximum absolute atomic E-state index is 11.8. The minimum Gasteiger partial charge on any atom is -0.371 e. The van der Waals surface area contributed by atoms with E-state index in [1.807, 2.05) is 47.2 Å². The lowest BCUT2D eigenvalue weighted by Crippen LogP contribution is -2.19. The fourth-order valence-electron chi connectivity index (χ4n) is 1.93. The third kappa shape index (κ3) is 4.69. The number of hydrogen-bond donors (Lipinski definition) is 1. The Labute approximate surface area is 142 Å². The topological polar surface area (TPSA) is 64.1 Å². The van der Waals surface area contributed by atoms with Gasteiger partial charge in [0.15, 0.2) is 0 Å². The van der Waals surface area contributed by atoms with Gasteiger partial charge in [0.2, 0.25) is 5.13 Å². The minimum atomic E-state index is -0.217. The zero-order chi connectivity index (χ0) is 15.9. The number of amides is 1. The summed E-state index contributed by atoms with van der Waals surface area (Å²) >= 11 is 2.95. The molecule has 0 fully saturated rings. The van der Waals surface area contributed by atoms with Crippen molar-refractivity contribution >= 4 is 33.7 Å². The molecule has 1 amide bonds. The molecule has 0 aliphatic rings. The quantitative estimate of drug-likeness (QED) is 0.666. The summed E-state index contributed by atoms with van der Waals surface area (Å²) in [5.74, 6) is -0.217. The molecule has 3 aromatic rings. The van der Waals surface area contributed by atoms with Crippen molar-refractivity contribution in [2.45, 2.75) is 6.42 Å². The van der Waals surface area contributed by atoms with E-state index in [2.05, 4.69) is 15.5 Å². The zero-order valence-corrected chi connectivity index (χ0v) is 13.9. The van der Waals surface area contributed by atoms with Gasteiger partial charge in [-0.15, -0.1) is 10.2 Å². The number of thiophene rings is 1. The molecule has 0 spiro atoms. The molecule has 0 bridgehead atoms. The first-order valence-corrected chi connectivity index (χ1v) is 8.85. The van der Waals surface area contributed by atoms with Crippen LogP contribution in [0.1, 0.15) is 5.56 Å². The molecule has 7 heteroatoms. The van der Waals surface area contributed by atoms with Gasteiger partial charge >= 0.3 is 0 Å². The van der Waals surface area contributed by atoms with Crippen LogP contribution >= 0.6 is 22.7 Å². The van der Waals surface area contributed by atoms with E-state index in [1.165, 1.54) is 16.9 Å². The Morgan fingerprint density at radius 1 is 1.17 bits per heavy atom. The number of nitrogens with one attached hydrogen (secondary N) is 1. The van der Waals surface area contributed by atoms with Crippen molar-refractivity contribution in [3.8, 4) is 10.6 Å². The van der Waals surface area contributed by atoms with Crippen molar-refractivity contribution in [3.63, 3.8) is 0 Å². The molecule has 3 rings (SSSR count). The highest BCUT2D eigenvalue weighted by Gasteiger charge is 2.10. The summed E-state index contributed by atoms with van der Waals surface area (Å²) in [7, 11) is 0. The lowest BCUT2D eigenvalue weighted by molar-refractivity contribution is -0.120. The van der Waals surface area contributed by atoms with Gasteiger partial charge in [-0.1, -0.05) is 41.7 Å². The van der Waals surface area contributed by atoms with Crippen LogP contribution in [-0.2, 0) is 16.0 Å². The molecular weight excluding hydrogens is 330 g/mol. The SMILES string of the molecule is O=C(COCCc1ccccc1)Nc1nnc(-c2ccsc2)s1. The first kappa shape index (κ1) is 15.8. The number of benzene rings is 1. The van der Waals surface area contributed by atoms with Gasteiger partial charge in [-0.2, -0.15) is 11.3 Å². The van der Waals surface area contributed by atoms with Gasteiger partial charge in [0.05, 0.1) is 6.61 Å². The number of rotatable bonds is 7. The van der Waals surface area contributed by atoms with E-state index in [1.54, 1.807) is 11.3 Å². The molecule has 118 valence electrons. The van der Waals surface area contributed by atoms with Crippen molar-refractivity contribution in [3.05, 3.63) is 52.7 Å². The molecule has 1 aromatic carbocycles. The maximum atomic E-state index is 11.8. The molecule has 0 aliphatic heterocycles. The Morgan fingerprint density at radius 2 is 2.04 bits per heavy atom. The third-order valence-corrected chi connectivity index (χ3v) is 4.62. The molecule has 0 saturated heterocycles. The average Bonchev–Trinajstić information content (AvgIpc) is 3.24. The highest BCUT2D eigenvalue weighted by atomic mass is 32.1. The van der Waals surface area contributed by atoms with Crippen LogP contribution < -0.4 is 5.32 Å². The summed E-state index contributed by atoms with van der Waals surface area (Å²) in [6.45, 7) is 0.522. The third-order valence-electron chi connectivity index (χ3n) is 3.05. The van der Waals surface area contributed by atoms with E-state index < -0.39 is 0 Å². The van der Waals surface area contributed by atoms with E-state index in [9.17, 15) is 4.79 Å². The van der Waals surface area contributed by atoms with E-state index in [4.69, 9.17) is 4.74 Å². The van der Waals surface area contributed by atoms with Crippen LogP contribution in [0.15, 0.2) is 47.2 Å². The average molecular weight is 345 g/mol. The van der Waals surface area contributed by atoms with Crippen molar-refractivity contribution in [2.24, 2.45) is 0 Å². The minimum absolute atomic E-state index is 0.0141. The van der Waals surface area contributed by atoms with E-state index >= 15 is 0 Å². The van der Waals surface area contributed by atoms with Crippen LogP contribution in [0.3, 0.4) is 0 Å². The molecule has 0 aliphatic carbocycles. The normalized spacial score (nSPS) is 10.6. The van der Waals surface area contributed by atoms with Crippen LogP contribution in [0.5, 0.6) is 0 Å². The second kappa shape index (κ2) is 7.96. The number of hydrogen-bond acceptors (Lipinski definition) is 6. The molecule has 2 heterocycles. The maximum Gasteiger partial charge on any atom is 0.252 e. The lowest BCUT2D eigenvalue weighted by atomic mass is 10.2. The monoisotopic (exact) mass is 345 g/mol. The molecular formula is C16H15N3O2S2. The second-order valence-electron chi connectivity index (χ2n) is 4.76. The molecule has 0 atom stereocenters. The second-order valence-corrected chi connectivity index (χ2v) is 6.52. The first-order chi connectivity index (χ1) is 11.3. The van der Waals surface area contributed by atoms with Crippen molar-refractivity contribution in [1.82, 2.24) is 10.2 Å². The first-order valence-electron chi connectivity index (χ1n) is 7.09. The van der Waals surface area contributed by atoms with Crippen molar-refractivity contribution in [2.75, 3.05) is 18.5 Å². The van der Waals surface area contributed by atoms with Crippen molar-refractivity contribution < 1.29 is 9.53 Å². The number of carbonyl (C=O) groups is 1. The van der Waals surface area contributed by atoms with Crippen LogP contribution in [-0.4, -0.2) is 29.3 Å². The van der Waals surface area contributed by atoms with Crippen molar-refractivity contribution in [1.29, 1.82) is 0 Å². The summed E-state index contributed by atoms with van der Waals surface area (Å²) in [5.41, 5.74) is 2.21. The molecule has 0 unspecified atom stereocenters. The van der Waals surface area contributed by atoms with Gasteiger partial charge in [-0.05, 0) is 23.4 Å². The number of ether oxygens (including phenoxy) is 1. The number of nitrogens with zero attached hydrogens (tertiary/aromatic N) is 2. The van der Waals surface area contributed by atoms with E-state index in [-0.39, 0.29) is 12.5 Å². The van der Waals surface area contributed by atoms with Gasteiger partial charge in [0.25, 0.3) is 5.91 Å². The zero-order valence-electron chi connectivity index (χ0n) is 12.3. The predicted molar refractivity (Wildman–Crippen MR) is 92.8 cm³/mol. The van der Waals surface area contributed by atoms with Crippen LogP contribution in [0, 0.1) is 0 Å². The van der Waals surface area contributed by atoms with Gasteiger partial charge < -0.3 is 4.74 Å². The molecule has 2 aromatic heterocycles.